The molecule has 0 radical (unpaired) electrons. The van der Waals surface area contributed by atoms with Crippen molar-refractivity contribution in [3.8, 4) is 0 Å². The molecule has 1 aliphatic heterocycles. The summed E-state index contributed by atoms with van der Waals surface area (Å²) in [5, 5.41) is 7.55. The first-order chi connectivity index (χ1) is 12.1. The number of unbranched alkanes of at least 4 members (excludes halogenated alkanes) is 1. The number of nitrogens with one attached hydrogen (secondary N) is 1. The number of nitrogens with zero attached hydrogens (tertiary/aromatic N) is 4. The average Bonchev–Trinajstić information content (AvgIpc) is 2.99. The Kier molecular flexibility index (Phi) is 11.2. The summed E-state index contributed by atoms with van der Waals surface area (Å²) in [6.45, 7) is 15.4. The van der Waals surface area contributed by atoms with Gasteiger partial charge in [0, 0.05) is 51.9 Å². The number of guanidine groups is 1. The lowest BCUT2D eigenvalue weighted by Gasteiger charge is -2.36. The lowest BCUT2D eigenvalue weighted by Crippen LogP contribution is -2.52. The van der Waals surface area contributed by atoms with Crippen LogP contribution in [0.2, 0.25) is 0 Å². The van der Waals surface area contributed by atoms with E-state index in [0.29, 0.717) is 0 Å². The molecule has 0 saturated carbocycles. The van der Waals surface area contributed by atoms with Crippen LogP contribution in [0.1, 0.15) is 51.5 Å². The minimum absolute atomic E-state index is 0. The maximum Gasteiger partial charge on any atom is 0.194 e. The molecule has 0 atom stereocenters. The van der Waals surface area contributed by atoms with Crippen LogP contribution in [0.15, 0.2) is 15.6 Å². The molecule has 6 nitrogen and oxygen atoms in total. The quantitative estimate of drug-likeness (QED) is 0.269. The van der Waals surface area contributed by atoms with Crippen molar-refractivity contribution in [2.75, 3.05) is 39.3 Å². The molecule has 7 heteroatoms. The zero-order valence-corrected chi connectivity index (χ0v) is 19.2. The topological polar surface area (TPSA) is 56.9 Å². The van der Waals surface area contributed by atoms with E-state index in [2.05, 4.69) is 41.0 Å². The van der Waals surface area contributed by atoms with Crippen molar-refractivity contribution in [1.82, 2.24) is 20.3 Å². The molecule has 1 aromatic rings. The molecule has 2 rings (SSSR count). The van der Waals surface area contributed by atoms with E-state index in [1.807, 2.05) is 13.0 Å². The zero-order valence-electron chi connectivity index (χ0n) is 16.8. The van der Waals surface area contributed by atoms with Gasteiger partial charge in [0.2, 0.25) is 0 Å². The van der Waals surface area contributed by atoms with Crippen molar-refractivity contribution in [2.45, 2.75) is 53.5 Å². The molecule has 1 fully saturated rings. The molecular formula is C19H36IN5O. The summed E-state index contributed by atoms with van der Waals surface area (Å²) in [7, 11) is 0. The van der Waals surface area contributed by atoms with Crippen molar-refractivity contribution >= 4 is 29.9 Å². The second kappa shape index (κ2) is 12.5. The maximum absolute atomic E-state index is 5.16. The number of hydrogen-bond donors (Lipinski definition) is 1. The third kappa shape index (κ3) is 8.24. The Hall–Kier alpha value is -0.830. The van der Waals surface area contributed by atoms with E-state index < -0.39 is 0 Å². The smallest absolute Gasteiger partial charge is 0.194 e. The first-order valence-electron chi connectivity index (χ1n) is 9.76. The second-order valence-corrected chi connectivity index (χ2v) is 7.32. The lowest BCUT2D eigenvalue weighted by molar-refractivity contribution is 0.169. The van der Waals surface area contributed by atoms with Crippen LogP contribution in [0.5, 0.6) is 0 Å². The van der Waals surface area contributed by atoms with Crippen LogP contribution in [0.3, 0.4) is 0 Å². The summed E-state index contributed by atoms with van der Waals surface area (Å²) < 4.78 is 5.16. The van der Waals surface area contributed by atoms with E-state index in [0.717, 1.165) is 69.1 Å². The summed E-state index contributed by atoms with van der Waals surface area (Å²) in [5.41, 5.74) is 1.02. The summed E-state index contributed by atoms with van der Waals surface area (Å²) in [5.74, 6) is 2.75. The number of aliphatic imine (C=N–C) groups is 1. The molecule has 0 aliphatic carbocycles. The fourth-order valence-electron chi connectivity index (χ4n) is 3.11. The van der Waals surface area contributed by atoms with Gasteiger partial charge in [0.05, 0.1) is 5.69 Å². The van der Waals surface area contributed by atoms with Crippen LogP contribution >= 0.6 is 24.0 Å². The number of halogens is 1. The Bertz CT molecular complexity index is 524. The van der Waals surface area contributed by atoms with Crippen molar-refractivity contribution in [2.24, 2.45) is 10.9 Å². The van der Waals surface area contributed by atoms with E-state index in [-0.39, 0.29) is 24.0 Å². The van der Waals surface area contributed by atoms with E-state index in [1.54, 1.807) is 0 Å². The first kappa shape index (κ1) is 23.2. The molecule has 150 valence electrons. The van der Waals surface area contributed by atoms with Gasteiger partial charge in [0.15, 0.2) is 5.96 Å². The third-order valence-electron chi connectivity index (χ3n) is 4.52. The highest BCUT2D eigenvalue weighted by atomic mass is 127. The first-order valence-corrected chi connectivity index (χ1v) is 9.76. The van der Waals surface area contributed by atoms with Crippen molar-refractivity contribution in [3.63, 3.8) is 0 Å². The normalized spacial score (nSPS) is 16.0. The molecule has 1 aliphatic rings. The van der Waals surface area contributed by atoms with Gasteiger partial charge >= 0.3 is 0 Å². The summed E-state index contributed by atoms with van der Waals surface area (Å²) >= 11 is 0. The summed E-state index contributed by atoms with van der Waals surface area (Å²) in [4.78, 5) is 9.65. The predicted octanol–water partition coefficient (Wildman–Crippen LogP) is 3.51. The van der Waals surface area contributed by atoms with Gasteiger partial charge in [-0.3, -0.25) is 9.89 Å². The Labute approximate surface area is 175 Å². The highest BCUT2D eigenvalue weighted by molar-refractivity contribution is 14.0. The molecule has 26 heavy (non-hydrogen) atoms. The molecule has 0 unspecified atom stereocenters. The molecule has 0 spiro atoms. The second-order valence-electron chi connectivity index (χ2n) is 7.32. The van der Waals surface area contributed by atoms with Crippen molar-refractivity contribution in [3.05, 3.63) is 17.5 Å². The van der Waals surface area contributed by atoms with Gasteiger partial charge < -0.3 is 14.7 Å². The number of aryl methyl sites for hydroxylation is 1. The SMILES string of the molecule is CCNC(=NCCCCC(C)C)N1CCN(Cc2cc(C)on2)CC1.I. The molecule has 0 amide bonds. The highest BCUT2D eigenvalue weighted by Crippen LogP contribution is 2.10. The molecule has 1 aromatic heterocycles. The Morgan fingerprint density at radius 1 is 1.27 bits per heavy atom. The molecular weight excluding hydrogens is 441 g/mol. The number of aromatic nitrogens is 1. The number of piperazine rings is 1. The van der Waals surface area contributed by atoms with E-state index in [4.69, 9.17) is 9.52 Å². The average molecular weight is 477 g/mol. The van der Waals surface area contributed by atoms with E-state index in [9.17, 15) is 0 Å². The van der Waals surface area contributed by atoms with Gasteiger partial charge in [0.25, 0.3) is 0 Å². The standard InChI is InChI=1S/C19H35N5O.HI/c1-5-20-19(21-9-7-6-8-16(2)3)24-12-10-23(11-13-24)15-18-14-17(4)25-22-18;/h14,16H,5-13,15H2,1-4H3,(H,20,21);1H. The van der Waals surface area contributed by atoms with Gasteiger partial charge in [-0.15, -0.1) is 24.0 Å². The van der Waals surface area contributed by atoms with Crippen LogP contribution in [0.25, 0.3) is 0 Å². The minimum atomic E-state index is 0. The van der Waals surface area contributed by atoms with Crippen LogP contribution < -0.4 is 5.32 Å². The fourth-order valence-corrected chi connectivity index (χ4v) is 3.11. The molecule has 0 bridgehead atoms. The van der Waals surface area contributed by atoms with E-state index in [1.165, 1.54) is 19.3 Å². The number of hydrogen-bond acceptors (Lipinski definition) is 4. The predicted molar refractivity (Wildman–Crippen MR) is 118 cm³/mol. The summed E-state index contributed by atoms with van der Waals surface area (Å²) in [6.07, 6.45) is 3.75. The number of rotatable bonds is 8. The third-order valence-corrected chi connectivity index (χ3v) is 4.52. The van der Waals surface area contributed by atoms with Crippen LogP contribution in [-0.4, -0.2) is 60.2 Å². The molecule has 1 N–H and O–H groups in total. The Balaban J connectivity index is 0.00000338. The zero-order chi connectivity index (χ0) is 18.1. The van der Waals surface area contributed by atoms with Gasteiger partial charge in [-0.2, -0.15) is 0 Å². The highest BCUT2D eigenvalue weighted by Gasteiger charge is 2.20. The molecule has 2 heterocycles. The fraction of sp³-hybridized carbons (Fsp3) is 0.789. The van der Waals surface area contributed by atoms with Crippen molar-refractivity contribution in [1.29, 1.82) is 0 Å². The largest absolute Gasteiger partial charge is 0.361 e. The summed E-state index contributed by atoms with van der Waals surface area (Å²) in [6, 6.07) is 2.02. The molecule has 1 saturated heterocycles. The maximum atomic E-state index is 5.16. The Morgan fingerprint density at radius 2 is 2.00 bits per heavy atom. The van der Waals surface area contributed by atoms with E-state index >= 15 is 0 Å². The van der Waals surface area contributed by atoms with Crippen LogP contribution in [-0.2, 0) is 6.54 Å². The van der Waals surface area contributed by atoms with Gasteiger partial charge in [-0.05, 0) is 26.2 Å². The minimum Gasteiger partial charge on any atom is -0.361 e. The Morgan fingerprint density at radius 3 is 2.58 bits per heavy atom. The van der Waals surface area contributed by atoms with Gasteiger partial charge in [-0.25, -0.2) is 0 Å². The lowest BCUT2D eigenvalue weighted by atomic mass is 10.1. The van der Waals surface area contributed by atoms with Crippen LogP contribution in [0, 0.1) is 12.8 Å². The van der Waals surface area contributed by atoms with Crippen LogP contribution in [0.4, 0.5) is 0 Å². The molecule has 0 aromatic carbocycles. The van der Waals surface area contributed by atoms with Crippen molar-refractivity contribution < 1.29 is 4.52 Å². The monoisotopic (exact) mass is 477 g/mol. The van der Waals surface area contributed by atoms with Gasteiger partial charge in [0.1, 0.15) is 5.76 Å². The van der Waals surface area contributed by atoms with Gasteiger partial charge in [-0.1, -0.05) is 31.8 Å².